The molecule has 5 heteroatoms. The fourth-order valence-corrected chi connectivity index (χ4v) is 3.04. The molecule has 1 aliphatic heterocycles. The van der Waals surface area contributed by atoms with Gasteiger partial charge in [-0.3, -0.25) is 4.79 Å². The number of ether oxygens (including phenoxy) is 1. The fraction of sp³-hybridized carbons (Fsp3) is 0.316. The summed E-state index contributed by atoms with van der Waals surface area (Å²) in [4.78, 5) is 14.8. The zero-order chi connectivity index (χ0) is 16.9. The molecule has 0 unspecified atom stereocenters. The minimum absolute atomic E-state index is 0.0212. The van der Waals surface area contributed by atoms with Crippen molar-refractivity contribution in [2.24, 2.45) is 5.73 Å². The van der Waals surface area contributed by atoms with E-state index in [9.17, 15) is 4.79 Å². The molecule has 4 nitrogen and oxygen atoms in total. The Morgan fingerprint density at radius 3 is 2.46 bits per heavy atom. The Balaban J connectivity index is 1.82. The molecule has 0 aliphatic carbocycles. The van der Waals surface area contributed by atoms with Crippen LogP contribution in [0.4, 0.5) is 5.69 Å². The van der Waals surface area contributed by atoms with Crippen LogP contribution in [0, 0.1) is 0 Å². The third-order valence-electron chi connectivity index (χ3n) is 4.23. The SMILES string of the molecule is NC[C@H]1CC[C@@H](C(=O)N(Cc2ccc(Cl)cc2)c2ccccc2)O1. The van der Waals surface area contributed by atoms with Gasteiger partial charge in [-0.2, -0.15) is 0 Å². The number of nitrogens with zero attached hydrogens (tertiary/aromatic N) is 1. The van der Waals surface area contributed by atoms with Gasteiger partial charge in [0.1, 0.15) is 6.10 Å². The minimum Gasteiger partial charge on any atom is -0.364 e. The molecule has 2 aromatic carbocycles. The van der Waals surface area contributed by atoms with Gasteiger partial charge in [-0.15, -0.1) is 0 Å². The second-order valence-corrected chi connectivity index (χ2v) is 6.38. The smallest absolute Gasteiger partial charge is 0.256 e. The van der Waals surface area contributed by atoms with E-state index in [-0.39, 0.29) is 12.0 Å². The Hall–Kier alpha value is -1.88. The highest BCUT2D eigenvalue weighted by molar-refractivity contribution is 6.30. The van der Waals surface area contributed by atoms with Crippen LogP contribution in [0.3, 0.4) is 0 Å². The molecule has 0 aromatic heterocycles. The van der Waals surface area contributed by atoms with Crippen LogP contribution in [0.25, 0.3) is 0 Å². The number of anilines is 1. The predicted octanol–water partition coefficient (Wildman–Crippen LogP) is 3.38. The zero-order valence-electron chi connectivity index (χ0n) is 13.4. The van der Waals surface area contributed by atoms with Gasteiger partial charge in [-0.25, -0.2) is 0 Å². The summed E-state index contributed by atoms with van der Waals surface area (Å²) >= 11 is 5.95. The highest BCUT2D eigenvalue weighted by Crippen LogP contribution is 2.25. The molecule has 126 valence electrons. The van der Waals surface area contributed by atoms with Crippen molar-refractivity contribution in [1.82, 2.24) is 0 Å². The number of amides is 1. The summed E-state index contributed by atoms with van der Waals surface area (Å²) < 4.78 is 5.79. The first-order valence-corrected chi connectivity index (χ1v) is 8.51. The molecule has 1 heterocycles. The van der Waals surface area contributed by atoms with Crippen LogP contribution in [-0.2, 0) is 16.1 Å². The van der Waals surface area contributed by atoms with Gasteiger partial charge in [0, 0.05) is 17.3 Å². The van der Waals surface area contributed by atoms with E-state index in [1.54, 1.807) is 4.90 Å². The summed E-state index contributed by atoms with van der Waals surface area (Å²) in [5, 5.41) is 0.682. The number of carbonyl (C=O) groups excluding carboxylic acids is 1. The molecule has 0 spiro atoms. The summed E-state index contributed by atoms with van der Waals surface area (Å²) in [5.41, 5.74) is 7.54. The first kappa shape index (κ1) is 17.0. The van der Waals surface area contributed by atoms with Gasteiger partial charge in [0.25, 0.3) is 5.91 Å². The average molecular weight is 345 g/mol. The topological polar surface area (TPSA) is 55.6 Å². The first-order valence-electron chi connectivity index (χ1n) is 8.14. The van der Waals surface area contributed by atoms with Crippen molar-refractivity contribution >= 4 is 23.2 Å². The summed E-state index contributed by atoms with van der Waals surface area (Å²) in [5.74, 6) is -0.0212. The molecule has 2 atom stereocenters. The van der Waals surface area contributed by atoms with E-state index in [0.717, 1.165) is 17.7 Å². The molecule has 1 saturated heterocycles. The fourth-order valence-electron chi connectivity index (χ4n) is 2.91. The maximum atomic E-state index is 13.0. The van der Waals surface area contributed by atoms with Crippen molar-refractivity contribution in [3.8, 4) is 0 Å². The Labute approximate surface area is 147 Å². The zero-order valence-corrected chi connectivity index (χ0v) is 14.2. The highest BCUT2D eigenvalue weighted by atomic mass is 35.5. The van der Waals surface area contributed by atoms with Crippen LogP contribution in [-0.4, -0.2) is 24.7 Å². The van der Waals surface area contributed by atoms with Gasteiger partial charge < -0.3 is 15.4 Å². The van der Waals surface area contributed by atoms with E-state index in [4.69, 9.17) is 22.1 Å². The summed E-state index contributed by atoms with van der Waals surface area (Å²) in [6, 6.07) is 17.2. The van der Waals surface area contributed by atoms with Gasteiger partial charge in [-0.1, -0.05) is 41.9 Å². The van der Waals surface area contributed by atoms with Crippen molar-refractivity contribution < 1.29 is 9.53 Å². The lowest BCUT2D eigenvalue weighted by Gasteiger charge is -2.26. The lowest BCUT2D eigenvalue weighted by atomic mass is 10.1. The molecule has 0 saturated carbocycles. The lowest BCUT2D eigenvalue weighted by molar-refractivity contribution is -0.129. The third kappa shape index (κ3) is 3.96. The molecule has 1 fully saturated rings. The molecule has 2 aromatic rings. The minimum atomic E-state index is -0.425. The summed E-state index contributed by atoms with van der Waals surface area (Å²) in [7, 11) is 0. The maximum absolute atomic E-state index is 13.0. The molecule has 1 amide bonds. The van der Waals surface area contributed by atoms with E-state index in [2.05, 4.69) is 0 Å². The number of benzene rings is 2. The number of halogens is 1. The number of hydrogen-bond acceptors (Lipinski definition) is 3. The Kier molecular flexibility index (Phi) is 5.51. The van der Waals surface area contributed by atoms with Gasteiger partial charge >= 0.3 is 0 Å². The van der Waals surface area contributed by atoms with Crippen molar-refractivity contribution in [3.05, 3.63) is 65.2 Å². The molecular formula is C19H21ClN2O2. The van der Waals surface area contributed by atoms with Crippen LogP contribution in [0.2, 0.25) is 5.02 Å². The van der Waals surface area contributed by atoms with E-state index in [1.807, 2.05) is 54.6 Å². The Morgan fingerprint density at radius 1 is 1.12 bits per heavy atom. The van der Waals surface area contributed by atoms with Gasteiger partial charge in [0.15, 0.2) is 0 Å². The van der Waals surface area contributed by atoms with E-state index < -0.39 is 6.10 Å². The van der Waals surface area contributed by atoms with Crippen LogP contribution in [0.5, 0.6) is 0 Å². The molecule has 24 heavy (non-hydrogen) atoms. The Bertz CT molecular complexity index is 676. The van der Waals surface area contributed by atoms with E-state index in [1.165, 1.54) is 0 Å². The maximum Gasteiger partial charge on any atom is 0.256 e. The first-order chi connectivity index (χ1) is 11.7. The molecule has 1 aliphatic rings. The van der Waals surface area contributed by atoms with Crippen molar-refractivity contribution in [1.29, 1.82) is 0 Å². The van der Waals surface area contributed by atoms with Gasteiger partial charge in [0.05, 0.1) is 12.6 Å². The monoisotopic (exact) mass is 344 g/mol. The van der Waals surface area contributed by atoms with Crippen LogP contribution in [0.1, 0.15) is 18.4 Å². The molecule has 2 N–H and O–H groups in total. The van der Waals surface area contributed by atoms with Crippen molar-refractivity contribution in [2.45, 2.75) is 31.6 Å². The summed E-state index contributed by atoms with van der Waals surface area (Å²) in [6.45, 7) is 0.930. The number of hydrogen-bond donors (Lipinski definition) is 1. The Morgan fingerprint density at radius 2 is 1.83 bits per heavy atom. The largest absolute Gasteiger partial charge is 0.364 e. The second-order valence-electron chi connectivity index (χ2n) is 5.95. The van der Waals surface area contributed by atoms with Crippen LogP contribution < -0.4 is 10.6 Å². The predicted molar refractivity (Wildman–Crippen MR) is 96.0 cm³/mol. The second kappa shape index (κ2) is 7.79. The van der Waals surface area contributed by atoms with Gasteiger partial charge in [-0.05, 0) is 42.7 Å². The molecular weight excluding hydrogens is 324 g/mol. The quantitative estimate of drug-likeness (QED) is 0.904. The van der Waals surface area contributed by atoms with E-state index in [0.29, 0.717) is 24.5 Å². The van der Waals surface area contributed by atoms with Crippen LogP contribution in [0.15, 0.2) is 54.6 Å². The summed E-state index contributed by atoms with van der Waals surface area (Å²) in [6.07, 6.45) is 1.10. The van der Waals surface area contributed by atoms with E-state index >= 15 is 0 Å². The average Bonchev–Trinajstić information content (AvgIpc) is 3.11. The third-order valence-corrected chi connectivity index (χ3v) is 4.49. The highest BCUT2D eigenvalue weighted by Gasteiger charge is 2.33. The van der Waals surface area contributed by atoms with Gasteiger partial charge in [0.2, 0.25) is 0 Å². The standard InChI is InChI=1S/C19H21ClN2O2/c20-15-8-6-14(7-9-15)13-22(16-4-2-1-3-5-16)19(23)18-11-10-17(12-21)24-18/h1-9,17-18H,10-13,21H2/t17-,18+/m1/s1. The normalized spacial score (nSPS) is 20.1. The molecule has 0 bridgehead atoms. The number of nitrogens with two attached hydrogens (primary N) is 1. The van der Waals surface area contributed by atoms with Crippen molar-refractivity contribution in [2.75, 3.05) is 11.4 Å². The lowest BCUT2D eigenvalue weighted by Crippen LogP contribution is -2.39. The number of para-hydroxylation sites is 1. The molecule has 0 radical (unpaired) electrons. The van der Waals surface area contributed by atoms with Crippen molar-refractivity contribution in [3.63, 3.8) is 0 Å². The number of rotatable bonds is 5. The van der Waals surface area contributed by atoms with Crippen LogP contribution >= 0.6 is 11.6 Å². The number of carbonyl (C=O) groups is 1. The molecule has 3 rings (SSSR count).